The van der Waals surface area contributed by atoms with Gasteiger partial charge in [0.05, 0.1) is 11.7 Å². The van der Waals surface area contributed by atoms with Crippen molar-refractivity contribution in [1.29, 1.82) is 0 Å². The molecule has 1 rings (SSSR count). The fraction of sp³-hybridized carbons (Fsp3) is 0.571. The quantitative estimate of drug-likeness (QED) is 0.822. The van der Waals surface area contributed by atoms with Crippen LogP contribution in [0.4, 0.5) is 4.39 Å². The van der Waals surface area contributed by atoms with E-state index in [1.165, 1.54) is 19.1 Å². The van der Waals surface area contributed by atoms with E-state index < -0.39 is 17.5 Å². The smallest absolute Gasteiger partial charge is 0.132 e. The van der Waals surface area contributed by atoms with Crippen molar-refractivity contribution in [3.63, 3.8) is 0 Å². The Kier molecular flexibility index (Phi) is 5.11. The SMILES string of the molecule is CCC(O)(CC)COc1ccc([C@H](C)O)c(F)c1. The Balaban J connectivity index is 2.72. The van der Waals surface area contributed by atoms with E-state index in [2.05, 4.69) is 0 Å². The number of halogens is 1. The van der Waals surface area contributed by atoms with Gasteiger partial charge in [0.1, 0.15) is 18.2 Å². The number of aliphatic hydroxyl groups excluding tert-OH is 1. The van der Waals surface area contributed by atoms with Gasteiger partial charge in [0.15, 0.2) is 0 Å². The Morgan fingerprint density at radius 1 is 1.33 bits per heavy atom. The van der Waals surface area contributed by atoms with Gasteiger partial charge in [-0.1, -0.05) is 13.8 Å². The summed E-state index contributed by atoms with van der Waals surface area (Å²) >= 11 is 0. The third-order valence-corrected chi connectivity index (χ3v) is 3.25. The molecule has 1 atom stereocenters. The molecule has 0 fully saturated rings. The molecule has 4 heteroatoms. The first kappa shape index (κ1) is 14.9. The topological polar surface area (TPSA) is 49.7 Å². The monoisotopic (exact) mass is 256 g/mol. The van der Waals surface area contributed by atoms with Gasteiger partial charge in [0.2, 0.25) is 0 Å². The molecule has 0 heterocycles. The van der Waals surface area contributed by atoms with Gasteiger partial charge in [-0.2, -0.15) is 0 Å². The van der Waals surface area contributed by atoms with Crippen LogP contribution in [0.2, 0.25) is 0 Å². The lowest BCUT2D eigenvalue weighted by Gasteiger charge is -2.25. The van der Waals surface area contributed by atoms with Crippen LogP contribution in [0.25, 0.3) is 0 Å². The van der Waals surface area contributed by atoms with Crippen molar-refractivity contribution < 1.29 is 19.3 Å². The Hall–Kier alpha value is -1.13. The molecule has 0 aliphatic heterocycles. The number of aliphatic hydroxyl groups is 2. The summed E-state index contributed by atoms with van der Waals surface area (Å²) in [6.45, 7) is 5.40. The summed E-state index contributed by atoms with van der Waals surface area (Å²) in [6.07, 6.45) is 0.317. The third kappa shape index (κ3) is 3.68. The molecule has 1 aromatic rings. The average molecular weight is 256 g/mol. The van der Waals surface area contributed by atoms with Crippen molar-refractivity contribution in [3.8, 4) is 5.75 Å². The lowest BCUT2D eigenvalue weighted by molar-refractivity contribution is -0.0114. The van der Waals surface area contributed by atoms with Crippen LogP contribution in [0.5, 0.6) is 5.75 Å². The van der Waals surface area contributed by atoms with Crippen LogP contribution in [0, 0.1) is 5.82 Å². The summed E-state index contributed by atoms with van der Waals surface area (Å²) in [5.41, 5.74) is -0.636. The molecular formula is C14H21FO3. The van der Waals surface area contributed by atoms with Crippen LogP contribution in [0.1, 0.15) is 45.3 Å². The Labute approximate surface area is 107 Å². The van der Waals surface area contributed by atoms with Gasteiger partial charge in [-0.25, -0.2) is 4.39 Å². The minimum Gasteiger partial charge on any atom is -0.490 e. The molecule has 0 bridgehead atoms. The Bertz CT molecular complexity index is 387. The lowest BCUT2D eigenvalue weighted by atomic mass is 9.99. The highest BCUT2D eigenvalue weighted by molar-refractivity contribution is 5.30. The van der Waals surface area contributed by atoms with Crippen molar-refractivity contribution in [2.45, 2.75) is 45.3 Å². The molecule has 18 heavy (non-hydrogen) atoms. The van der Waals surface area contributed by atoms with E-state index in [1.807, 2.05) is 13.8 Å². The molecule has 0 aromatic heterocycles. The van der Waals surface area contributed by atoms with Gasteiger partial charge in [-0.15, -0.1) is 0 Å². The fourth-order valence-corrected chi connectivity index (χ4v) is 1.61. The van der Waals surface area contributed by atoms with Crippen molar-refractivity contribution in [3.05, 3.63) is 29.6 Å². The standard InChI is InChI=1S/C14H21FO3/c1-4-14(17,5-2)9-18-11-6-7-12(10(3)16)13(15)8-11/h6-8,10,16-17H,4-5,9H2,1-3H3/t10-/m0/s1. The number of ether oxygens (including phenoxy) is 1. The van der Waals surface area contributed by atoms with Crippen LogP contribution in [-0.2, 0) is 0 Å². The van der Waals surface area contributed by atoms with Crippen molar-refractivity contribution >= 4 is 0 Å². The molecule has 3 nitrogen and oxygen atoms in total. The van der Waals surface area contributed by atoms with E-state index in [4.69, 9.17) is 4.74 Å². The summed E-state index contributed by atoms with van der Waals surface area (Å²) in [4.78, 5) is 0. The zero-order valence-electron chi connectivity index (χ0n) is 11.1. The normalized spacial score (nSPS) is 13.4. The Morgan fingerprint density at radius 3 is 2.39 bits per heavy atom. The fourth-order valence-electron chi connectivity index (χ4n) is 1.61. The summed E-state index contributed by atoms with van der Waals surface area (Å²) < 4.78 is 19.0. The van der Waals surface area contributed by atoms with Crippen LogP contribution >= 0.6 is 0 Å². The second kappa shape index (κ2) is 6.16. The van der Waals surface area contributed by atoms with Gasteiger partial charge in [0, 0.05) is 11.6 Å². The van der Waals surface area contributed by atoms with Crippen LogP contribution in [0.3, 0.4) is 0 Å². The predicted molar refractivity (Wildman–Crippen MR) is 68.1 cm³/mol. The molecule has 2 N–H and O–H groups in total. The maximum absolute atomic E-state index is 13.6. The van der Waals surface area contributed by atoms with Crippen molar-refractivity contribution in [2.75, 3.05) is 6.61 Å². The molecule has 0 unspecified atom stereocenters. The average Bonchev–Trinajstić information content (AvgIpc) is 2.35. The van der Waals surface area contributed by atoms with Crippen molar-refractivity contribution in [1.82, 2.24) is 0 Å². The molecule has 0 spiro atoms. The number of benzene rings is 1. The van der Waals surface area contributed by atoms with E-state index in [9.17, 15) is 14.6 Å². The van der Waals surface area contributed by atoms with E-state index in [-0.39, 0.29) is 12.2 Å². The molecule has 0 aliphatic rings. The highest BCUT2D eigenvalue weighted by Crippen LogP contribution is 2.23. The molecule has 0 radical (unpaired) electrons. The minimum atomic E-state index is -0.876. The lowest BCUT2D eigenvalue weighted by Crippen LogP contribution is -2.34. The van der Waals surface area contributed by atoms with Crippen molar-refractivity contribution in [2.24, 2.45) is 0 Å². The van der Waals surface area contributed by atoms with Gasteiger partial charge < -0.3 is 14.9 Å². The van der Waals surface area contributed by atoms with E-state index in [1.54, 1.807) is 6.07 Å². The maximum Gasteiger partial charge on any atom is 0.132 e. The predicted octanol–water partition coefficient (Wildman–Crippen LogP) is 2.81. The molecular weight excluding hydrogens is 235 g/mol. The molecule has 102 valence electrons. The first-order valence-electron chi connectivity index (χ1n) is 6.24. The molecule has 0 aliphatic carbocycles. The van der Waals surface area contributed by atoms with Gasteiger partial charge in [-0.05, 0) is 31.9 Å². The van der Waals surface area contributed by atoms with Crippen LogP contribution < -0.4 is 4.74 Å². The summed E-state index contributed by atoms with van der Waals surface area (Å²) in [5, 5.41) is 19.4. The molecule has 0 amide bonds. The largest absolute Gasteiger partial charge is 0.490 e. The molecule has 0 saturated heterocycles. The Morgan fingerprint density at radius 2 is 1.94 bits per heavy atom. The number of hydrogen-bond donors (Lipinski definition) is 2. The number of rotatable bonds is 6. The number of hydrogen-bond acceptors (Lipinski definition) is 3. The van der Waals surface area contributed by atoms with Gasteiger partial charge >= 0.3 is 0 Å². The maximum atomic E-state index is 13.6. The summed E-state index contributed by atoms with van der Waals surface area (Å²) in [5.74, 6) is -0.142. The second-order valence-corrected chi connectivity index (χ2v) is 4.58. The third-order valence-electron chi connectivity index (χ3n) is 3.25. The van der Waals surface area contributed by atoms with Gasteiger partial charge in [0.25, 0.3) is 0 Å². The summed E-state index contributed by atoms with van der Waals surface area (Å²) in [7, 11) is 0. The van der Waals surface area contributed by atoms with Crippen LogP contribution in [0.15, 0.2) is 18.2 Å². The first-order chi connectivity index (χ1) is 8.41. The zero-order valence-corrected chi connectivity index (χ0v) is 11.1. The minimum absolute atomic E-state index is 0.132. The second-order valence-electron chi connectivity index (χ2n) is 4.58. The summed E-state index contributed by atoms with van der Waals surface area (Å²) in [6, 6.07) is 4.32. The zero-order chi connectivity index (χ0) is 13.8. The molecule has 1 aromatic carbocycles. The van der Waals surface area contributed by atoms with Crippen LogP contribution in [-0.4, -0.2) is 22.4 Å². The highest BCUT2D eigenvalue weighted by atomic mass is 19.1. The van der Waals surface area contributed by atoms with E-state index in [0.717, 1.165) is 0 Å². The first-order valence-corrected chi connectivity index (χ1v) is 6.24. The van der Waals surface area contributed by atoms with Gasteiger partial charge in [-0.3, -0.25) is 0 Å². The van der Waals surface area contributed by atoms with E-state index >= 15 is 0 Å². The van der Waals surface area contributed by atoms with E-state index in [0.29, 0.717) is 18.6 Å². The molecule has 0 saturated carbocycles. The highest BCUT2D eigenvalue weighted by Gasteiger charge is 2.23.